The molecule has 0 aliphatic carbocycles. The minimum atomic E-state index is -0.227. The Labute approximate surface area is 150 Å². The summed E-state index contributed by atoms with van der Waals surface area (Å²) < 4.78 is 11.6. The summed E-state index contributed by atoms with van der Waals surface area (Å²) in [6.45, 7) is 3.27. The number of para-hydroxylation sites is 2. The van der Waals surface area contributed by atoms with Crippen molar-refractivity contribution in [3.05, 3.63) is 58.1 Å². The maximum atomic E-state index is 12.7. The number of hydrogen-bond donors (Lipinski definition) is 0. The Morgan fingerprint density at radius 2 is 1.96 bits per heavy atom. The third-order valence-corrected chi connectivity index (χ3v) is 4.37. The third kappa shape index (κ3) is 3.60. The van der Waals surface area contributed by atoms with Gasteiger partial charge in [0.25, 0.3) is 5.91 Å². The molecule has 0 fully saturated rings. The van der Waals surface area contributed by atoms with Gasteiger partial charge in [0.1, 0.15) is 6.61 Å². The van der Waals surface area contributed by atoms with Gasteiger partial charge in [0.15, 0.2) is 17.6 Å². The van der Waals surface area contributed by atoms with Gasteiger partial charge in [0.05, 0.1) is 17.1 Å². The average Bonchev–Trinajstić information content (AvgIpc) is 2.59. The molecule has 0 saturated heterocycles. The normalized spacial score (nSPS) is 15.9. The van der Waals surface area contributed by atoms with Crippen molar-refractivity contribution in [2.75, 3.05) is 19.7 Å². The summed E-state index contributed by atoms with van der Waals surface area (Å²) in [5, 5.41) is 0.845. The first-order valence-electron chi connectivity index (χ1n) is 7.71. The first-order chi connectivity index (χ1) is 11.6. The fourth-order valence-corrected chi connectivity index (χ4v) is 3.08. The molecule has 126 valence electrons. The van der Waals surface area contributed by atoms with Crippen LogP contribution in [0.1, 0.15) is 17.3 Å². The van der Waals surface area contributed by atoms with Crippen LogP contribution in [0.4, 0.5) is 0 Å². The predicted octanol–water partition coefficient (Wildman–Crippen LogP) is 4.30. The van der Waals surface area contributed by atoms with Gasteiger partial charge in [0, 0.05) is 11.6 Å². The Morgan fingerprint density at radius 1 is 1.21 bits per heavy atom. The maximum absolute atomic E-state index is 12.7. The van der Waals surface area contributed by atoms with E-state index in [1.54, 1.807) is 23.1 Å². The lowest BCUT2D eigenvalue weighted by molar-refractivity contribution is 0.0475. The van der Waals surface area contributed by atoms with Crippen LogP contribution < -0.4 is 9.47 Å². The van der Waals surface area contributed by atoms with Crippen molar-refractivity contribution >= 4 is 29.1 Å². The van der Waals surface area contributed by atoms with Crippen LogP contribution in [-0.2, 0) is 0 Å². The van der Waals surface area contributed by atoms with E-state index in [2.05, 4.69) is 0 Å². The number of hydrogen-bond acceptors (Lipinski definition) is 3. The molecule has 0 saturated carbocycles. The molecule has 0 spiro atoms. The quantitative estimate of drug-likeness (QED) is 0.810. The molecule has 1 aliphatic rings. The van der Waals surface area contributed by atoms with Gasteiger partial charge in [-0.1, -0.05) is 35.3 Å². The second kappa shape index (κ2) is 7.32. The monoisotopic (exact) mass is 365 g/mol. The van der Waals surface area contributed by atoms with Crippen molar-refractivity contribution in [1.29, 1.82) is 0 Å². The Bertz CT molecular complexity index is 751. The molecule has 3 rings (SSSR count). The minimum absolute atomic E-state index is 0.151. The molecular formula is C18H17Cl2NO3. The fraction of sp³-hybridized carbons (Fsp3) is 0.278. The lowest BCUT2D eigenvalue weighted by atomic mass is 10.2. The number of benzene rings is 2. The average molecular weight is 366 g/mol. The van der Waals surface area contributed by atoms with Crippen LogP contribution in [0.25, 0.3) is 0 Å². The first kappa shape index (κ1) is 16.9. The van der Waals surface area contributed by atoms with Crippen molar-refractivity contribution < 1.29 is 14.3 Å². The van der Waals surface area contributed by atoms with Crippen LogP contribution in [0.3, 0.4) is 0 Å². The number of likely N-dealkylation sites (N-methyl/N-ethyl adjacent to an activating group) is 1. The second-order valence-electron chi connectivity index (χ2n) is 5.47. The van der Waals surface area contributed by atoms with Gasteiger partial charge < -0.3 is 14.4 Å². The zero-order valence-electron chi connectivity index (χ0n) is 13.2. The summed E-state index contributed by atoms with van der Waals surface area (Å²) in [7, 11) is 0. The zero-order valence-corrected chi connectivity index (χ0v) is 14.7. The molecular weight excluding hydrogens is 349 g/mol. The van der Waals surface area contributed by atoms with Gasteiger partial charge in [-0.3, -0.25) is 4.79 Å². The number of fused-ring (bicyclic) bond motifs is 1. The predicted molar refractivity (Wildman–Crippen MR) is 94.4 cm³/mol. The van der Waals surface area contributed by atoms with Crippen LogP contribution in [0.15, 0.2) is 42.5 Å². The standard InChI is InChI=1S/C18H17Cl2NO3/c1-2-21(18(22)14-8-7-12(19)9-15(14)20)10-13-11-23-16-5-3-4-6-17(16)24-13/h3-9,13H,2,10-11H2,1H3. The van der Waals surface area contributed by atoms with E-state index >= 15 is 0 Å². The van der Waals surface area contributed by atoms with E-state index in [4.69, 9.17) is 32.7 Å². The Balaban J connectivity index is 1.72. The molecule has 0 radical (unpaired) electrons. The topological polar surface area (TPSA) is 38.8 Å². The lowest BCUT2D eigenvalue weighted by Gasteiger charge is -2.31. The summed E-state index contributed by atoms with van der Waals surface area (Å²) in [6, 6.07) is 12.4. The van der Waals surface area contributed by atoms with Gasteiger partial charge in [-0.2, -0.15) is 0 Å². The third-order valence-electron chi connectivity index (χ3n) is 3.82. The highest BCUT2D eigenvalue weighted by Gasteiger charge is 2.26. The molecule has 24 heavy (non-hydrogen) atoms. The van der Waals surface area contributed by atoms with Crippen molar-refractivity contribution in [1.82, 2.24) is 4.90 Å². The summed E-state index contributed by atoms with van der Waals surface area (Å²) in [5.74, 6) is 1.27. The molecule has 1 heterocycles. The van der Waals surface area contributed by atoms with E-state index in [-0.39, 0.29) is 12.0 Å². The van der Waals surface area contributed by atoms with Crippen molar-refractivity contribution in [2.24, 2.45) is 0 Å². The number of carbonyl (C=O) groups is 1. The molecule has 1 aliphatic heterocycles. The van der Waals surface area contributed by atoms with E-state index in [0.29, 0.717) is 41.1 Å². The second-order valence-corrected chi connectivity index (χ2v) is 6.31. The molecule has 2 aromatic rings. The Hall–Kier alpha value is -1.91. The van der Waals surface area contributed by atoms with Gasteiger partial charge in [-0.15, -0.1) is 0 Å². The Kier molecular flexibility index (Phi) is 5.17. The van der Waals surface area contributed by atoms with Crippen LogP contribution in [0.5, 0.6) is 11.5 Å². The molecule has 1 atom stereocenters. The molecule has 1 unspecified atom stereocenters. The van der Waals surface area contributed by atoms with Crippen LogP contribution in [0, 0.1) is 0 Å². The number of amides is 1. The van der Waals surface area contributed by atoms with Crippen LogP contribution in [0.2, 0.25) is 10.0 Å². The first-order valence-corrected chi connectivity index (χ1v) is 8.47. The summed E-state index contributed by atoms with van der Waals surface area (Å²) in [4.78, 5) is 14.4. The molecule has 4 nitrogen and oxygen atoms in total. The number of halogens is 2. The van der Waals surface area contributed by atoms with Crippen LogP contribution >= 0.6 is 23.2 Å². The number of carbonyl (C=O) groups excluding carboxylic acids is 1. The number of rotatable bonds is 4. The van der Waals surface area contributed by atoms with Gasteiger partial charge in [0.2, 0.25) is 0 Å². The highest BCUT2D eigenvalue weighted by atomic mass is 35.5. The summed E-state index contributed by atoms with van der Waals surface area (Å²) >= 11 is 12.0. The molecule has 0 N–H and O–H groups in total. The largest absolute Gasteiger partial charge is 0.486 e. The molecule has 0 bridgehead atoms. The molecule has 6 heteroatoms. The van der Waals surface area contributed by atoms with Crippen molar-refractivity contribution in [2.45, 2.75) is 13.0 Å². The van der Waals surface area contributed by atoms with Crippen LogP contribution in [-0.4, -0.2) is 36.6 Å². The Morgan fingerprint density at radius 3 is 2.67 bits per heavy atom. The summed E-state index contributed by atoms with van der Waals surface area (Å²) in [6.07, 6.45) is -0.227. The number of nitrogens with zero attached hydrogens (tertiary/aromatic N) is 1. The minimum Gasteiger partial charge on any atom is -0.486 e. The maximum Gasteiger partial charge on any atom is 0.255 e. The van der Waals surface area contributed by atoms with E-state index in [1.165, 1.54) is 0 Å². The smallest absolute Gasteiger partial charge is 0.255 e. The zero-order chi connectivity index (χ0) is 17.1. The molecule has 2 aromatic carbocycles. The fourth-order valence-electron chi connectivity index (χ4n) is 2.59. The van der Waals surface area contributed by atoms with Crippen molar-refractivity contribution in [3.8, 4) is 11.5 Å². The van der Waals surface area contributed by atoms with E-state index in [9.17, 15) is 4.79 Å². The highest BCUT2D eigenvalue weighted by molar-refractivity contribution is 6.36. The lowest BCUT2D eigenvalue weighted by Crippen LogP contribution is -2.43. The van der Waals surface area contributed by atoms with Gasteiger partial charge >= 0.3 is 0 Å². The van der Waals surface area contributed by atoms with Gasteiger partial charge in [-0.05, 0) is 37.3 Å². The van der Waals surface area contributed by atoms with Gasteiger partial charge in [-0.25, -0.2) is 0 Å². The van der Waals surface area contributed by atoms with E-state index < -0.39 is 0 Å². The summed E-state index contributed by atoms with van der Waals surface area (Å²) in [5.41, 5.74) is 0.431. The highest BCUT2D eigenvalue weighted by Crippen LogP contribution is 2.31. The van der Waals surface area contributed by atoms with E-state index in [0.717, 1.165) is 5.75 Å². The molecule has 1 amide bonds. The molecule has 0 aromatic heterocycles. The number of ether oxygens (including phenoxy) is 2. The SMILES string of the molecule is CCN(CC1COc2ccccc2O1)C(=O)c1ccc(Cl)cc1Cl. The van der Waals surface area contributed by atoms with Crippen molar-refractivity contribution in [3.63, 3.8) is 0 Å². The van der Waals surface area contributed by atoms with E-state index in [1.807, 2.05) is 31.2 Å².